The molecule has 1 fully saturated rings. The molecule has 0 aromatic heterocycles. The highest BCUT2D eigenvalue weighted by Gasteiger charge is 2.30. The van der Waals surface area contributed by atoms with Crippen molar-refractivity contribution in [1.29, 1.82) is 0 Å². The molecule has 4 heteroatoms. The fourth-order valence-corrected chi connectivity index (χ4v) is 1.49. The fraction of sp³-hybridized carbons (Fsp3) is 0.750. The van der Waals surface area contributed by atoms with Crippen LogP contribution in [0.1, 0.15) is 33.6 Å². The number of carbonyl (C=O) groups excluding carboxylic acids is 1. The molecule has 0 radical (unpaired) electrons. The maximum atomic E-state index is 11.0. The van der Waals surface area contributed by atoms with Crippen LogP contribution in [0.3, 0.4) is 0 Å². The van der Waals surface area contributed by atoms with Crippen molar-refractivity contribution in [3.63, 3.8) is 0 Å². The van der Waals surface area contributed by atoms with Crippen molar-refractivity contribution in [2.75, 3.05) is 13.2 Å². The fourth-order valence-electron chi connectivity index (χ4n) is 1.49. The molecule has 0 saturated carbocycles. The van der Waals surface area contributed by atoms with Gasteiger partial charge in [0.1, 0.15) is 6.10 Å². The van der Waals surface area contributed by atoms with Crippen LogP contribution in [0.5, 0.6) is 0 Å². The summed E-state index contributed by atoms with van der Waals surface area (Å²) >= 11 is 0. The quantitative estimate of drug-likeness (QED) is 0.533. The zero-order chi connectivity index (χ0) is 12.0. The molecule has 0 spiro atoms. The zero-order valence-corrected chi connectivity index (χ0v) is 10.2. The average molecular weight is 228 g/mol. The summed E-state index contributed by atoms with van der Waals surface area (Å²) in [6.07, 6.45) is 4.97. The van der Waals surface area contributed by atoms with Gasteiger partial charge >= 0.3 is 5.97 Å². The van der Waals surface area contributed by atoms with Crippen LogP contribution in [0.2, 0.25) is 0 Å². The lowest BCUT2D eigenvalue weighted by Crippen LogP contribution is -2.20. The second kappa shape index (κ2) is 6.01. The van der Waals surface area contributed by atoms with E-state index in [1.54, 1.807) is 6.92 Å². The van der Waals surface area contributed by atoms with Gasteiger partial charge in [0, 0.05) is 6.42 Å². The molecule has 0 unspecified atom stereocenters. The third-order valence-corrected chi connectivity index (χ3v) is 2.20. The van der Waals surface area contributed by atoms with Crippen molar-refractivity contribution in [1.82, 2.24) is 0 Å². The molecule has 0 aromatic rings. The predicted octanol–water partition coefficient (Wildman–Crippen LogP) is 2.04. The molecule has 16 heavy (non-hydrogen) atoms. The van der Waals surface area contributed by atoms with Gasteiger partial charge in [0.2, 0.25) is 0 Å². The van der Waals surface area contributed by atoms with Gasteiger partial charge in [-0.2, -0.15) is 0 Å². The summed E-state index contributed by atoms with van der Waals surface area (Å²) in [5.41, 5.74) is 0. The number of hydrogen-bond acceptors (Lipinski definition) is 4. The Balaban J connectivity index is 2.16. The van der Waals surface area contributed by atoms with Crippen molar-refractivity contribution >= 4 is 5.97 Å². The average Bonchev–Trinajstić information content (AvgIpc) is 2.54. The van der Waals surface area contributed by atoms with Crippen molar-refractivity contribution in [2.45, 2.75) is 45.5 Å². The summed E-state index contributed by atoms with van der Waals surface area (Å²) in [6.45, 7) is 6.59. The van der Waals surface area contributed by atoms with Gasteiger partial charge in [-0.1, -0.05) is 12.2 Å². The molecular formula is C12H20O4. The molecule has 1 rings (SSSR count). The Morgan fingerprint density at radius 2 is 2.31 bits per heavy atom. The first kappa shape index (κ1) is 13.2. The highest BCUT2D eigenvalue weighted by molar-refractivity contribution is 5.69. The molecule has 92 valence electrons. The molecule has 1 heterocycles. The van der Waals surface area contributed by atoms with Crippen LogP contribution in [0.4, 0.5) is 0 Å². The minimum atomic E-state index is -0.490. The Morgan fingerprint density at radius 3 is 2.88 bits per heavy atom. The van der Waals surface area contributed by atoms with E-state index in [0.29, 0.717) is 26.1 Å². The molecule has 1 saturated heterocycles. The number of hydrogen-bond donors (Lipinski definition) is 0. The molecule has 1 aliphatic heterocycles. The lowest BCUT2D eigenvalue weighted by Gasteiger charge is -2.15. The van der Waals surface area contributed by atoms with Crippen molar-refractivity contribution in [2.24, 2.45) is 0 Å². The summed E-state index contributed by atoms with van der Waals surface area (Å²) in [5.74, 6) is -0.646. The van der Waals surface area contributed by atoms with E-state index in [4.69, 9.17) is 14.2 Å². The first-order valence-electron chi connectivity index (χ1n) is 5.67. The second-order valence-corrected chi connectivity index (χ2v) is 4.14. The number of esters is 1. The maximum absolute atomic E-state index is 11.0. The van der Waals surface area contributed by atoms with E-state index in [1.165, 1.54) is 0 Å². The summed E-state index contributed by atoms with van der Waals surface area (Å²) in [6, 6.07) is 0. The third kappa shape index (κ3) is 4.77. The van der Waals surface area contributed by atoms with E-state index in [-0.39, 0.29) is 12.1 Å². The van der Waals surface area contributed by atoms with E-state index in [9.17, 15) is 4.79 Å². The van der Waals surface area contributed by atoms with E-state index in [1.807, 2.05) is 26.0 Å². The Hall–Kier alpha value is -0.870. The normalized spacial score (nSPS) is 23.8. The minimum Gasteiger partial charge on any atom is -0.466 e. The minimum absolute atomic E-state index is 0.00260. The summed E-state index contributed by atoms with van der Waals surface area (Å²) < 4.78 is 15.8. The van der Waals surface area contributed by atoms with Gasteiger partial charge in [0.05, 0.1) is 13.2 Å². The lowest BCUT2D eigenvalue weighted by atomic mass is 10.2. The SMILES string of the molecule is CCOC(=O)CC/C=C/[C@H]1COC(C)(C)O1. The van der Waals surface area contributed by atoms with E-state index >= 15 is 0 Å². The highest BCUT2D eigenvalue weighted by Crippen LogP contribution is 2.22. The van der Waals surface area contributed by atoms with E-state index < -0.39 is 5.79 Å². The van der Waals surface area contributed by atoms with Gasteiger partial charge in [-0.05, 0) is 27.2 Å². The van der Waals surface area contributed by atoms with Crippen molar-refractivity contribution in [3.8, 4) is 0 Å². The lowest BCUT2D eigenvalue weighted by molar-refractivity contribution is -0.143. The van der Waals surface area contributed by atoms with Gasteiger partial charge in [-0.3, -0.25) is 4.79 Å². The Kier molecular flexibility index (Phi) is 4.96. The number of carbonyl (C=O) groups is 1. The molecule has 0 bridgehead atoms. The summed E-state index contributed by atoms with van der Waals surface area (Å²) in [4.78, 5) is 11.0. The maximum Gasteiger partial charge on any atom is 0.306 e. The van der Waals surface area contributed by atoms with Gasteiger partial charge in [-0.15, -0.1) is 0 Å². The summed E-state index contributed by atoms with van der Waals surface area (Å²) in [7, 11) is 0. The first-order chi connectivity index (χ1) is 7.53. The predicted molar refractivity (Wildman–Crippen MR) is 59.9 cm³/mol. The van der Waals surface area contributed by atoms with E-state index in [0.717, 1.165) is 0 Å². The monoisotopic (exact) mass is 228 g/mol. The third-order valence-electron chi connectivity index (χ3n) is 2.20. The van der Waals surface area contributed by atoms with Crippen LogP contribution in [0.15, 0.2) is 12.2 Å². The summed E-state index contributed by atoms with van der Waals surface area (Å²) in [5, 5.41) is 0. The van der Waals surface area contributed by atoms with Crippen LogP contribution < -0.4 is 0 Å². The Labute approximate surface area is 96.6 Å². The topological polar surface area (TPSA) is 44.8 Å². The molecule has 0 aromatic carbocycles. The molecule has 0 aliphatic carbocycles. The van der Waals surface area contributed by atoms with Gasteiger partial charge < -0.3 is 14.2 Å². The Bertz CT molecular complexity index is 258. The Morgan fingerprint density at radius 1 is 1.56 bits per heavy atom. The number of allylic oxidation sites excluding steroid dienone is 1. The van der Waals surface area contributed by atoms with Crippen LogP contribution in [-0.4, -0.2) is 31.1 Å². The van der Waals surface area contributed by atoms with Crippen LogP contribution in [0, 0.1) is 0 Å². The van der Waals surface area contributed by atoms with Crippen LogP contribution in [-0.2, 0) is 19.0 Å². The molecule has 0 amide bonds. The molecular weight excluding hydrogens is 208 g/mol. The highest BCUT2D eigenvalue weighted by atomic mass is 16.7. The standard InChI is InChI=1S/C12H20O4/c1-4-14-11(13)8-6-5-7-10-9-15-12(2,3)16-10/h5,7,10H,4,6,8-9H2,1-3H3/b7-5+/t10-/m0/s1. The zero-order valence-electron chi connectivity index (χ0n) is 10.2. The van der Waals surface area contributed by atoms with Gasteiger partial charge in [0.25, 0.3) is 0 Å². The van der Waals surface area contributed by atoms with Crippen LogP contribution in [0.25, 0.3) is 0 Å². The van der Waals surface area contributed by atoms with Gasteiger partial charge in [0.15, 0.2) is 5.79 Å². The number of rotatable bonds is 5. The smallest absolute Gasteiger partial charge is 0.306 e. The molecule has 4 nitrogen and oxygen atoms in total. The van der Waals surface area contributed by atoms with Gasteiger partial charge in [-0.25, -0.2) is 0 Å². The molecule has 1 aliphatic rings. The van der Waals surface area contributed by atoms with Crippen LogP contribution >= 0.6 is 0 Å². The first-order valence-corrected chi connectivity index (χ1v) is 5.67. The largest absolute Gasteiger partial charge is 0.466 e. The molecule has 1 atom stereocenters. The van der Waals surface area contributed by atoms with Crippen molar-refractivity contribution in [3.05, 3.63) is 12.2 Å². The van der Waals surface area contributed by atoms with Crippen molar-refractivity contribution < 1.29 is 19.0 Å². The van der Waals surface area contributed by atoms with E-state index in [2.05, 4.69) is 0 Å². The second-order valence-electron chi connectivity index (χ2n) is 4.14. The number of ether oxygens (including phenoxy) is 3. The molecule has 0 N–H and O–H groups in total.